The number of halogens is 1. The van der Waals surface area contributed by atoms with Crippen molar-refractivity contribution in [3.05, 3.63) is 28.8 Å². The Morgan fingerprint density at radius 3 is 2.78 bits per heavy atom. The van der Waals surface area contributed by atoms with Gasteiger partial charge in [-0.25, -0.2) is 0 Å². The maximum atomic E-state index is 10.1. The maximum absolute atomic E-state index is 10.1. The molecule has 3 nitrogen and oxygen atoms in total. The summed E-state index contributed by atoms with van der Waals surface area (Å²) in [7, 11) is 0. The van der Waals surface area contributed by atoms with E-state index in [4.69, 9.17) is 17.3 Å². The van der Waals surface area contributed by atoms with Crippen molar-refractivity contribution in [1.29, 1.82) is 0 Å². The Morgan fingerprint density at radius 1 is 1.50 bits per heavy atom. The number of benzene rings is 1. The van der Waals surface area contributed by atoms with Gasteiger partial charge in [-0.15, -0.1) is 0 Å². The smallest absolute Gasteiger partial charge is 0.0794 e. The molecule has 0 saturated carbocycles. The average Bonchev–Trinajstić information content (AvgIpc) is 2.27. The third-order valence-electron chi connectivity index (χ3n) is 3.51. The third kappa shape index (κ3) is 2.97. The fraction of sp³-hybridized carbons (Fsp3) is 0.571. The molecule has 1 aromatic rings. The minimum Gasteiger partial charge on any atom is -0.388 e. The van der Waals surface area contributed by atoms with Crippen LogP contribution in [0.15, 0.2) is 18.2 Å². The van der Waals surface area contributed by atoms with Gasteiger partial charge in [-0.05, 0) is 44.4 Å². The first-order valence-corrected chi connectivity index (χ1v) is 6.79. The first-order valence-electron chi connectivity index (χ1n) is 6.41. The third-order valence-corrected chi connectivity index (χ3v) is 3.82. The van der Waals surface area contributed by atoms with E-state index in [2.05, 4.69) is 4.90 Å². The largest absolute Gasteiger partial charge is 0.388 e. The molecule has 0 spiro atoms. The van der Waals surface area contributed by atoms with Crippen molar-refractivity contribution in [2.24, 2.45) is 5.73 Å². The van der Waals surface area contributed by atoms with Gasteiger partial charge in [-0.3, -0.25) is 0 Å². The van der Waals surface area contributed by atoms with Crippen LogP contribution in [-0.4, -0.2) is 23.8 Å². The van der Waals surface area contributed by atoms with Crippen LogP contribution in [0.5, 0.6) is 0 Å². The topological polar surface area (TPSA) is 49.5 Å². The summed E-state index contributed by atoms with van der Waals surface area (Å²) in [6, 6.07) is 5.92. The number of β-amino-alcohol motifs (C(OH)–C–C–N with tert-alkyl or cyclic N) is 1. The lowest BCUT2D eigenvalue weighted by atomic mass is 9.94. The normalized spacial score (nSPS) is 26.2. The summed E-state index contributed by atoms with van der Waals surface area (Å²) in [5.41, 5.74) is 7.24. The molecule has 1 aromatic carbocycles. The molecular weight excluding hydrogens is 248 g/mol. The van der Waals surface area contributed by atoms with Gasteiger partial charge in [0, 0.05) is 19.1 Å². The number of hydrogen-bond acceptors (Lipinski definition) is 3. The SMILES string of the molecule is C[C@@H](N)c1ccc(N2CCCC(C)(O)C2)c(Cl)c1. The Morgan fingerprint density at radius 2 is 2.22 bits per heavy atom. The molecule has 18 heavy (non-hydrogen) atoms. The molecule has 1 saturated heterocycles. The van der Waals surface area contributed by atoms with E-state index in [9.17, 15) is 5.11 Å². The summed E-state index contributed by atoms with van der Waals surface area (Å²) < 4.78 is 0. The molecule has 1 aliphatic heterocycles. The second-order valence-electron chi connectivity index (χ2n) is 5.52. The Bertz CT molecular complexity index is 432. The van der Waals surface area contributed by atoms with Gasteiger partial charge in [0.1, 0.15) is 0 Å². The van der Waals surface area contributed by atoms with Crippen molar-refractivity contribution >= 4 is 17.3 Å². The number of piperidine rings is 1. The summed E-state index contributed by atoms with van der Waals surface area (Å²) in [4.78, 5) is 2.15. The van der Waals surface area contributed by atoms with Crippen LogP contribution in [-0.2, 0) is 0 Å². The van der Waals surface area contributed by atoms with Crippen LogP contribution in [0.2, 0.25) is 5.02 Å². The van der Waals surface area contributed by atoms with E-state index < -0.39 is 5.60 Å². The van der Waals surface area contributed by atoms with Crippen LogP contribution < -0.4 is 10.6 Å². The molecule has 2 atom stereocenters. The summed E-state index contributed by atoms with van der Waals surface area (Å²) >= 11 is 6.32. The predicted octanol–water partition coefficient (Wildman–Crippen LogP) is 2.71. The summed E-state index contributed by atoms with van der Waals surface area (Å²) in [6.45, 7) is 5.39. The number of nitrogens with two attached hydrogens (primary N) is 1. The Hall–Kier alpha value is -0.770. The van der Waals surface area contributed by atoms with Gasteiger partial charge < -0.3 is 15.7 Å². The van der Waals surface area contributed by atoms with Gasteiger partial charge in [-0.1, -0.05) is 17.7 Å². The van der Waals surface area contributed by atoms with E-state index in [1.807, 2.05) is 32.0 Å². The van der Waals surface area contributed by atoms with Crippen molar-refractivity contribution in [2.45, 2.75) is 38.3 Å². The minimum atomic E-state index is -0.624. The lowest BCUT2D eigenvalue weighted by molar-refractivity contribution is 0.0449. The fourth-order valence-corrected chi connectivity index (χ4v) is 2.80. The van der Waals surface area contributed by atoms with Crippen molar-refractivity contribution in [3.8, 4) is 0 Å². The summed E-state index contributed by atoms with van der Waals surface area (Å²) in [6.07, 6.45) is 1.83. The lowest BCUT2D eigenvalue weighted by Crippen LogP contribution is -2.46. The van der Waals surface area contributed by atoms with Crippen molar-refractivity contribution in [3.63, 3.8) is 0 Å². The van der Waals surface area contributed by atoms with E-state index >= 15 is 0 Å². The highest BCUT2D eigenvalue weighted by molar-refractivity contribution is 6.33. The molecule has 1 unspecified atom stereocenters. The first kappa shape index (κ1) is 13.7. The molecule has 0 bridgehead atoms. The molecule has 3 N–H and O–H groups in total. The van der Waals surface area contributed by atoms with Crippen molar-refractivity contribution < 1.29 is 5.11 Å². The first-order chi connectivity index (χ1) is 8.39. The zero-order valence-electron chi connectivity index (χ0n) is 11.0. The molecule has 4 heteroatoms. The molecule has 0 aliphatic carbocycles. The molecule has 1 fully saturated rings. The lowest BCUT2D eigenvalue weighted by Gasteiger charge is -2.38. The van der Waals surface area contributed by atoms with Crippen LogP contribution >= 0.6 is 11.6 Å². The Kier molecular flexibility index (Phi) is 3.85. The molecule has 0 radical (unpaired) electrons. The standard InChI is InChI=1S/C14H21ClN2O/c1-10(16)11-4-5-13(12(15)8-11)17-7-3-6-14(2,18)9-17/h4-5,8,10,18H,3,6-7,9,16H2,1-2H3/t10-,14?/m1/s1. The van der Waals surface area contributed by atoms with Gasteiger partial charge in [0.15, 0.2) is 0 Å². The quantitative estimate of drug-likeness (QED) is 0.867. The molecule has 1 heterocycles. The molecule has 1 aliphatic rings. The van der Waals surface area contributed by atoms with E-state index in [1.165, 1.54) is 0 Å². The average molecular weight is 269 g/mol. The Balaban J connectivity index is 2.23. The van der Waals surface area contributed by atoms with E-state index in [1.54, 1.807) is 0 Å². The van der Waals surface area contributed by atoms with Crippen LogP contribution in [0.1, 0.15) is 38.3 Å². The predicted molar refractivity (Wildman–Crippen MR) is 76.1 cm³/mol. The van der Waals surface area contributed by atoms with Crippen LogP contribution in [0.3, 0.4) is 0 Å². The van der Waals surface area contributed by atoms with Crippen molar-refractivity contribution in [1.82, 2.24) is 0 Å². The molecular formula is C14H21ClN2O. The number of nitrogens with zero attached hydrogens (tertiary/aromatic N) is 1. The van der Waals surface area contributed by atoms with Crippen LogP contribution in [0.4, 0.5) is 5.69 Å². The maximum Gasteiger partial charge on any atom is 0.0794 e. The van der Waals surface area contributed by atoms with E-state index in [0.717, 1.165) is 30.6 Å². The zero-order valence-corrected chi connectivity index (χ0v) is 11.7. The summed E-state index contributed by atoms with van der Waals surface area (Å²) in [5.74, 6) is 0. The highest BCUT2D eigenvalue weighted by atomic mass is 35.5. The number of anilines is 1. The zero-order chi connectivity index (χ0) is 13.3. The number of aliphatic hydroxyl groups is 1. The molecule has 2 rings (SSSR count). The van der Waals surface area contributed by atoms with Gasteiger partial charge in [0.05, 0.1) is 16.3 Å². The van der Waals surface area contributed by atoms with Gasteiger partial charge >= 0.3 is 0 Å². The van der Waals surface area contributed by atoms with Gasteiger partial charge in [0.25, 0.3) is 0 Å². The summed E-state index contributed by atoms with van der Waals surface area (Å²) in [5, 5.41) is 10.8. The molecule has 0 amide bonds. The molecule has 0 aromatic heterocycles. The van der Waals surface area contributed by atoms with Gasteiger partial charge in [-0.2, -0.15) is 0 Å². The fourth-order valence-electron chi connectivity index (χ4n) is 2.49. The van der Waals surface area contributed by atoms with Crippen LogP contribution in [0.25, 0.3) is 0 Å². The molecule has 100 valence electrons. The highest BCUT2D eigenvalue weighted by Crippen LogP contribution is 2.32. The van der Waals surface area contributed by atoms with Crippen LogP contribution in [0, 0.1) is 0 Å². The number of rotatable bonds is 2. The highest BCUT2D eigenvalue weighted by Gasteiger charge is 2.29. The number of hydrogen-bond donors (Lipinski definition) is 2. The minimum absolute atomic E-state index is 0.0130. The monoisotopic (exact) mass is 268 g/mol. The van der Waals surface area contributed by atoms with Crippen molar-refractivity contribution in [2.75, 3.05) is 18.0 Å². The second kappa shape index (κ2) is 5.08. The Labute approximate surface area is 114 Å². The van der Waals surface area contributed by atoms with E-state index in [0.29, 0.717) is 11.6 Å². The van der Waals surface area contributed by atoms with E-state index in [-0.39, 0.29) is 6.04 Å². The van der Waals surface area contributed by atoms with Gasteiger partial charge in [0.2, 0.25) is 0 Å². The second-order valence-corrected chi connectivity index (χ2v) is 5.93.